The van der Waals surface area contributed by atoms with Crippen LogP contribution in [-0.2, 0) is 11.2 Å². The highest BCUT2D eigenvalue weighted by molar-refractivity contribution is 7.09. The summed E-state index contributed by atoms with van der Waals surface area (Å²) in [5.41, 5.74) is 2.18. The van der Waals surface area contributed by atoms with Crippen LogP contribution in [0.25, 0.3) is 0 Å². The molecule has 22 heavy (non-hydrogen) atoms. The fourth-order valence-electron chi connectivity index (χ4n) is 2.46. The molecule has 0 saturated carbocycles. The second-order valence-corrected chi connectivity index (χ2v) is 6.50. The zero-order valence-electron chi connectivity index (χ0n) is 13.4. The zero-order valence-corrected chi connectivity index (χ0v) is 14.2. The van der Waals surface area contributed by atoms with Crippen LogP contribution in [0.5, 0.6) is 5.75 Å². The van der Waals surface area contributed by atoms with E-state index in [-0.39, 0.29) is 11.9 Å². The van der Waals surface area contributed by atoms with E-state index in [1.54, 1.807) is 18.4 Å². The second-order valence-electron chi connectivity index (χ2n) is 5.47. The van der Waals surface area contributed by atoms with Crippen molar-refractivity contribution < 1.29 is 9.53 Å². The summed E-state index contributed by atoms with van der Waals surface area (Å²) in [7, 11) is 1.66. The Kier molecular flexibility index (Phi) is 6.01. The smallest absolute Gasteiger partial charge is 0.220 e. The number of hydrogen-bond acceptors (Lipinski definition) is 3. The number of benzene rings is 1. The van der Waals surface area contributed by atoms with Crippen molar-refractivity contribution in [2.45, 2.75) is 39.2 Å². The summed E-state index contributed by atoms with van der Waals surface area (Å²) < 4.78 is 5.38. The van der Waals surface area contributed by atoms with E-state index in [1.165, 1.54) is 4.88 Å². The van der Waals surface area contributed by atoms with E-state index in [0.717, 1.165) is 29.7 Å². The summed E-state index contributed by atoms with van der Waals surface area (Å²) in [5.74, 6) is 0.907. The number of rotatable bonds is 7. The Bertz CT molecular complexity index is 608. The lowest BCUT2D eigenvalue weighted by molar-refractivity contribution is -0.121. The number of carbonyl (C=O) groups is 1. The average molecular weight is 317 g/mol. The maximum absolute atomic E-state index is 12.1. The van der Waals surface area contributed by atoms with Gasteiger partial charge >= 0.3 is 0 Å². The number of thiophene rings is 1. The van der Waals surface area contributed by atoms with Gasteiger partial charge in [0, 0.05) is 16.9 Å². The van der Waals surface area contributed by atoms with Crippen molar-refractivity contribution >= 4 is 17.2 Å². The van der Waals surface area contributed by atoms with Gasteiger partial charge < -0.3 is 10.1 Å². The van der Waals surface area contributed by atoms with Crippen molar-refractivity contribution in [1.29, 1.82) is 0 Å². The van der Waals surface area contributed by atoms with Gasteiger partial charge in [-0.05, 0) is 44.2 Å². The van der Waals surface area contributed by atoms with Gasteiger partial charge in [0.2, 0.25) is 5.91 Å². The van der Waals surface area contributed by atoms with Crippen LogP contribution in [0.15, 0.2) is 35.7 Å². The Balaban J connectivity index is 1.86. The Morgan fingerprint density at radius 3 is 2.86 bits per heavy atom. The highest BCUT2D eigenvalue weighted by atomic mass is 32.1. The lowest BCUT2D eigenvalue weighted by Crippen LogP contribution is -2.26. The third-order valence-corrected chi connectivity index (χ3v) is 4.57. The normalized spacial score (nSPS) is 12.0. The van der Waals surface area contributed by atoms with Crippen LogP contribution in [0.3, 0.4) is 0 Å². The van der Waals surface area contributed by atoms with E-state index < -0.39 is 0 Å². The quantitative estimate of drug-likeness (QED) is 0.828. The molecule has 2 aromatic rings. The molecule has 1 N–H and O–H groups in total. The minimum atomic E-state index is -0.0518. The van der Waals surface area contributed by atoms with Gasteiger partial charge in [-0.2, -0.15) is 0 Å². The number of aryl methyl sites for hydroxylation is 2. The second kappa shape index (κ2) is 7.99. The fraction of sp³-hybridized carbons (Fsp3) is 0.389. The number of ether oxygens (including phenoxy) is 1. The molecule has 1 aromatic heterocycles. The zero-order chi connectivity index (χ0) is 15.9. The molecule has 118 valence electrons. The summed E-state index contributed by atoms with van der Waals surface area (Å²) in [5, 5.41) is 5.13. The molecule has 1 aromatic carbocycles. The summed E-state index contributed by atoms with van der Waals surface area (Å²) in [4.78, 5) is 13.4. The van der Waals surface area contributed by atoms with E-state index in [1.807, 2.05) is 32.0 Å². The Hall–Kier alpha value is -1.81. The first kappa shape index (κ1) is 16.6. The highest BCUT2D eigenvalue weighted by Gasteiger charge is 2.14. The predicted octanol–water partition coefficient (Wildman–Crippen LogP) is 4.27. The van der Waals surface area contributed by atoms with Crippen LogP contribution in [-0.4, -0.2) is 13.0 Å². The lowest BCUT2D eigenvalue weighted by atomic mass is 10.0. The molecule has 0 aliphatic carbocycles. The van der Waals surface area contributed by atoms with Gasteiger partial charge in [0.1, 0.15) is 5.75 Å². The van der Waals surface area contributed by atoms with Crippen LogP contribution in [0.1, 0.15) is 41.8 Å². The van der Waals surface area contributed by atoms with Crippen molar-refractivity contribution in [2.24, 2.45) is 0 Å². The topological polar surface area (TPSA) is 38.3 Å². The van der Waals surface area contributed by atoms with Gasteiger partial charge in [-0.25, -0.2) is 0 Å². The Morgan fingerprint density at radius 2 is 2.18 bits per heavy atom. The van der Waals surface area contributed by atoms with Gasteiger partial charge in [0.25, 0.3) is 0 Å². The largest absolute Gasteiger partial charge is 0.496 e. The van der Waals surface area contributed by atoms with E-state index in [0.29, 0.717) is 6.42 Å². The molecular weight excluding hydrogens is 294 g/mol. The molecule has 0 spiro atoms. The highest BCUT2D eigenvalue weighted by Crippen LogP contribution is 2.26. The van der Waals surface area contributed by atoms with Crippen molar-refractivity contribution in [3.05, 3.63) is 51.7 Å². The molecule has 0 aliphatic heterocycles. The number of hydrogen-bond donors (Lipinski definition) is 1. The SMILES string of the molecule is COc1ccc(C)cc1[C@H](C)NC(=O)CCCc1cccs1. The summed E-state index contributed by atoms with van der Waals surface area (Å²) in [6.07, 6.45) is 2.40. The Labute approximate surface area is 136 Å². The van der Waals surface area contributed by atoms with Gasteiger partial charge in [0.15, 0.2) is 0 Å². The molecule has 2 rings (SSSR count). The van der Waals surface area contributed by atoms with E-state index >= 15 is 0 Å². The molecule has 0 radical (unpaired) electrons. The molecule has 0 saturated heterocycles. The molecule has 1 amide bonds. The maximum atomic E-state index is 12.1. The van der Waals surface area contributed by atoms with Crippen molar-refractivity contribution in [1.82, 2.24) is 5.32 Å². The molecule has 0 unspecified atom stereocenters. The standard InChI is InChI=1S/C18H23NO2S/c1-13-9-10-17(21-3)16(12-13)14(2)19-18(20)8-4-6-15-7-5-11-22-15/h5,7,9-12,14H,4,6,8H2,1-3H3,(H,19,20)/t14-/m0/s1. The van der Waals surface area contributed by atoms with E-state index in [2.05, 4.69) is 22.8 Å². The Morgan fingerprint density at radius 1 is 1.36 bits per heavy atom. The molecule has 1 heterocycles. The number of amides is 1. The first-order chi connectivity index (χ1) is 10.6. The van der Waals surface area contributed by atoms with Gasteiger partial charge in [-0.1, -0.05) is 23.8 Å². The van der Waals surface area contributed by atoms with Gasteiger partial charge in [-0.15, -0.1) is 11.3 Å². The number of methoxy groups -OCH3 is 1. The maximum Gasteiger partial charge on any atom is 0.220 e. The third kappa shape index (κ3) is 4.60. The molecule has 3 nitrogen and oxygen atoms in total. The average Bonchev–Trinajstić information content (AvgIpc) is 3.00. The monoisotopic (exact) mass is 317 g/mol. The van der Waals surface area contributed by atoms with Crippen molar-refractivity contribution in [3.8, 4) is 5.75 Å². The molecular formula is C18H23NO2S. The first-order valence-electron chi connectivity index (χ1n) is 7.56. The fourth-order valence-corrected chi connectivity index (χ4v) is 3.21. The molecule has 0 bridgehead atoms. The van der Waals surface area contributed by atoms with Crippen LogP contribution >= 0.6 is 11.3 Å². The summed E-state index contributed by atoms with van der Waals surface area (Å²) in [6, 6.07) is 10.1. The van der Waals surface area contributed by atoms with Crippen LogP contribution < -0.4 is 10.1 Å². The van der Waals surface area contributed by atoms with Crippen LogP contribution in [0.2, 0.25) is 0 Å². The lowest BCUT2D eigenvalue weighted by Gasteiger charge is -2.18. The minimum absolute atomic E-state index is 0.0518. The van der Waals surface area contributed by atoms with E-state index in [4.69, 9.17) is 4.74 Å². The minimum Gasteiger partial charge on any atom is -0.496 e. The number of carbonyl (C=O) groups excluding carboxylic acids is 1. The van der Waals surface area contributed by atoms with Crippen LogP contribution in [0.4, 0.5) is 0 Å². The van der Waals surface area contributed by atoms with Gasteiger partial charge in [-0.3, -0.25) is 4.79 Å². The van der Waals surface area contributed by atoms with Crippen LogP contribution in [0, 0.1) is 6.92 Å². The molecule has 0 fully saturated rings. The summed E-state index contributed by atoms with van der Waals surface area (Å²) >= 11 is 1.74. The van der Waals surface area contributed by atoms with Gasteiger partial charge in [0.05, 0.1) is 13.2 Å². The third-order valence-electron chi connectivity index (χ3n) is 3.64. The van der Waals surface area contributed by atoms with Crippen molar-refractivity contribution in [2.75, 3.05) is 7.11 Å². The van der Waals surface area contributed by atoms with Crippen molar-refractivity contribution in [3.63, 3.8) is 0 Å². The molecule has 1 atom stereocenters. The summed E-state index contributed by atoms with van der Waals surface area (Å²) in [6.45, 7) is 4.03. The first-order valence-corrected chi connectivity index (χ1v) is 8.44. The number of nitrogens with one attached hydrogen (secondary N) is 1. The molecule has 4 heteroatoms. The van der Waals surface area contributed by atoms with E-state index in [9.17, 15) is 4.79 Å². The molecule has 0 aliphatic rings. The predicted molar refractivity (Wildman–Crippen MR) is 91.5 cm³/mol.